The van der Waals surface area contributed by atoms with E-state index in [0.717, 1.165) is 15.2 Å². The number of hydrogen-bond acceptors (Lipinski definition) is 3. The van der Waals surface area contributed by atoms with Crippen molar-refractivity contribution in [2.75, 3.05) is 0 Å². The van der Waals surface area contributed by atoms with Crippen molar-refractivity contribution in [2.24, 2.45) is 0 Å². The highest BCUT2D eigenvalue weighted by Gasteiger charge is 2.02. The van der Waals surface area contributed by atoms with Crippen molar-refractivity contribution >= 4 is 27.3 Å². The van der Waals surface area contributed by atoms with E-state index < -0.39 is 0 Å². The minimum absolute atomic E-state index is 0.671. The summed E-state index contributed by atoms with van der Waals surface area (Å²) in [5.74, 6) is 0. The summed E-state index contributed by atoms with van der Waals surface area (Å²) >= 11 is 4.88. The van der Waals surface area contributed by atoms with Gasteiger partial charge in [0.1, 0.15) is 9.61 Å². The Balaban J connectivity index is 2.39. The number of thiazole rings is 1. The normalized spacial score (nSPS) is 9.71. The minimum Gasteiger partial charge on any atom is -0.229 e. The Hall–Kier alpha value is -1.18. The summed E-state index contributed by atoms with van der Waals surface area (Å²) in [7, 11) is 0. The van der Waals surface area contributed by atoms with Crippen molar-refractivity contribution in [3.63, 3.8) is 0 Å². The van der Waals surface area contributed by atoms with Crippen LogP contribution in [0.25, 0.3) is 10.6 Å². The van der Waals surface area contributed by atoms with Crippen LogP contribution in [0.15, 0.2) is 34.2 Å². The average molecular weight is 265 g/mol. The quantitative estimate of drug-likeness (QED) is 0.791. The molecule has 2 rings (SSSR count). The monoisotopic (exact) mass is 264 g/mol. The lowest BCUT2D eigenvalue weighted by atomic mass is 10.1. The molecular formula is C10H5BrN2S. The zero-order chi connectivity index (χ0) is 9.97. The molecule has 0 aliphatic carbocycles. The molecule has 0 fully saturated rings. The third-order valence-electron chi connectivity index (χ3n) is 1.74. The van der Waals surface area contributed by atoms with E-state index in [2.05, 4.69) is 27.0 Å². The van der Waals surface area contributed by atoms with E-state index in [9.17, 15) is 0 Å². The molecular weight excluding hydrogens is 260 g/mol. The molecule has 1 heterocycles. The van der Waals surface area contributed by atoms with Crippen molar-refractivity contribution in [1.29, 1.82) is 5.26 Å². The van der Waals surface area contributed by atoms with Gasteiger partial charge in [-0.3, -0.25) is 0 Å². The van der Waals surface area contributed by atoms with E-state index in [1.807, 2.05) is 17.5 Å². The van der Waals surface area contributed by atoms with Gasteiger partial charge in [-0.05, 0) is 28.1 Å². The topological polar surface area (TPSA) is 36.7 Å². The van der Waals surface area contributed by atoms with Gasteiger partial charge in [-0.2, -0.15) is 5.26 Å². The van der Waals surface area contributed by atoms with Crippen molar-refractivity contribution in [3.8, 4) is 16.6 Å². The molecule has 68 valence electrons. The van der Waals surface area contributed by atoms with Crippen LogP contribution in [0.2, 0.25) is 0 Å². The first kappa shape index (κ1) is 9.38. The molecule has 0 unspecified atom stereocenters. The molecule has 0 radical (unpaired) electrons. The molecule has 0 saturated carbocycles. The van der Waals surface area contributed by atoms with Gasteiger partial charge in [0, 0.05) is 10.9 Å². The van der Waals surface area contributed by atoms with E-state index in [-0.39, 0.29) is 0 Å². The minimum atomic E-state index is 0.671. The number of aromatic nitrogens is 1. The number of nitrogens with zero attached hydrogens (tertiary/aromatic N) is 2. The van der Waals surface area contributed by atoms with Gasteiger partial charge in [-0.15, -0.1) is 11.3 Å². The standard InChI is InChI=1S/C10H5BrN2S/c11-9-6-14-10(13-9)8-3-1-7(5-12)2-4-8/h1-4,6H. The predicted octanol–water partition coefficient (Wildman–Crippen LogP) is 3.44. The predicted molar refractivity (Wildman–Crippen MR) is 60.0 cm³/mol. The second kappa shape index (κ2) is 3.91. The first-order chi connectivity index (χ1) is 6.79. The molecule has 2 aromatic rings. The molecule has 0 N–H and O–H groups in total. The smallest absolute Gasteiger partial charge is 0.124 e. The van der Waals surface area contributed by atoms with Gasteiger partial charge < -0.3 is 0 Å². The second-order valence-electron chi connectivity index (χ2n) is 2.66. The highest BCUT2D eigenvalue weighted by Crippen LogP contribution is 2.25. The molecule has 0 amide bonds. The van der Waals surface area contributed by atoms with Crippen molar-refractivity contribution < 1.29 is 0 Å². The van der Waals surface area contributed by atoms with Crippen LogP contribution in [-0.2, 0) is 0 Å². The molecule has 2 nitrogen and oxygen atoms in total. The summed E-state index contributed by atoms with van der Waals surface area (Å²) in [5, 5.41) is 11.5. The number of hydrogen-bond donors (Lipinski definition) is 0. The summed E-state index contributed by atoms with van der Waals surface area (Å²) in [6, 6.07) is 9.49. The summed E-state index contributed by atoms with van der Waals surface area (Å²) in [4.78, 5) is 4.29. The molecule has 14 heavy (non-hydrogen) atoms. The summed E-state index contributed by atoms with van der Waals surface area (Å²) in [6.45, 7) is 0. The highest BCUT2D eigenvalue weighted by atomic mass is 79.9. The van der Waals surface area contributed by atoms with Crippen molar-refractivity contribution in [3.05, 3.63) is 39.8 Å². The van der Waals surface area contributed by atoms with Gasteiger partial charge in [-0.1, -0.05) is 12.1 Å². The maximum atomic E-state index is 8.63. The highest BCUT2D eigenvalue weighted by molar-refractivity contribution is 9.10. The lowest BCUT2D eigenvalue weighted by molar-refractivity contribution is 1.36. The van der Waals surface area contributed by atoms with Gasteiger partial charge in [-0.25, -0.2) is 4.98 Å². The Kier molecular flexibility index (Phi) is 2.62. The molecule has 0 saturated heterocycles. The van der Waals surface area contributed by atoms with Crippen LogP contribution >= 0.6 is 27.3 Å². The number of nitriles is 1. The first-order valence-electron chi connectivity index (χ1n) is 3.91. The van der Waals surface area contributed by atoms with Crippen LogP contribution in [-0.4, -0.2) is 4.98 Å². The zero-order valence-electron chi connectivity index (χ0n) is 7.07. The molecule has 1 aromatic heterocycles. The molecule has 0 bridgehead atoms. The SMILES string of the molecule is N#Cc1ccc(-c2nc(Br)cs2)cc1. The van der Waals surface area contributed by atoms with Gasteiger partial charge in [0.15, 0.2) is 0 Å². The van der Waals surface area contributed by atoms with E-state index in [1.165, 1.54) is 0 Å². The fourth-order valence-electron chi connectivity index (χ4n) is 1.07. The van der Waals surface area contributed by atoms with Gasteiger partial charge in [0.05, 0.1) is 11.6 Å². The van der Waals surface area contributed by atoms with Crippen LogP contribution in [0.3, 0.4) is 0 Å². The number of benzene rings is 1. The molecule has 1 aromatic carbocycles. The molecule has 0 spiro atoms. The van der Waals surface area contributed by atoms with Gasteiger partial charge in [0.2, 0.25) is 0 Å². The lowest BCUT2D eigenvalue weighted by Gasteiger charge is -1.94. The zero-order valence-corrected chi connectivity index (χ0v) is 9.47. The fourth-order valence-corrected chi connectivity index (χ4v) is 2.33. The largest absolute Gasteiger partial charge is 0.229 e. The van der Waals surface area contributed by atoms with E-state index in [1.54, 1.807) is 23.5 Å². The molecule has 0 aliphatic heterocycles. The fraction of sp³-hybridized carbons (Fsp3) is 0. The van der Waals surface area contributed by atoms with Crippen LogP contribution in [0.5, 0.6) is 0 Å². The summed E-state index contributed by atoms with van der Waals surface area (Å²) < 4.78 is 0.849. The Bertz CT molecular complexity index is 482. The maximum Gasteiger partial charge on any atom is 0.124 e. The Morgan fingerprint density at radius 2 is 2.00 bits per heavy atom. The van der Waals surface area contributed by atoms with Crippen LogP contribution in [0, 0.1) is 11.3 Å². The summed E-state index contributed by atoms with van der Waals surface area (Å²) in [5.41, 5.74) is 1.71. The Morgan fingerprint density at radius 1 is 1.29 bits per heavy atom. The van der Waals surface area contributed by atoms with Crippen molar-refractivity contribution in [1.82, 2.24) is 4.98 Å². The molecule has 0 atom stereocenters. The number of rotatable bonds is 1. The van der Waals surface area contributed by atoms with Gasteiger partial charge >= 0.3 is 0 Å². The Labute approximate surface area is 94.0 Å². The second-order valence-corrected chi connectivity index (χ2v) is 4.34. The van der Waals surface area contributed by atoms with E-state index in [4.69, 9.17) is 5.26 Å². The van der Waals surface area contributed by atoms with Crippen LogP contribution < -0.4 is 0 Å². The average Bonchev–Trinajstić information content (AvgIpc) is 2.65. The van der Waals surface area contributed by atoms with Gasteiger partial charge in [0.25, 0.3) is 0 Å². The first-order valence-corrected chi connectivity index (χ1v) is 5.58. The number of halogens is 1. The maximum absolute atomic E-state index is 8.63. The molecule has 0 aliphatic rings. The molecule has 4 heteroatoms. The third kappa shape index (κ3) is 1.84. The van der Waals surface area contributed by atoms with Crippen LogP contribution in [0.1, 0.15) is 5.56 Å². The van der Waals surface area contributed by atoms with Crippen LogP contribution in [0.4, 0.5) is 0 Å². The Morgan fingerprint density at radius 3 is 2.50 bits per heavy atom. The summed E-state index contributed by atoms with van der Waals surface area (Å²) in [6.07, 6.45) is 0. The third-order valence-corrected chi connectivity index (χ3v) is 3.34. The lowest BCUT2D eigenvalue weighted by Crippen LogP contribution is -1.77. The van der Waals surface area contributed by atoms with E-state index >= 15 is 0 Å². The van der Waals surface area contributed by atoms with E-state index in [0.29, 0.717) is 5.56 Å². The van der Waals surface area contributed by atoms with Crippen molar-refractivity contribution in [2.45, 2.75) is 0 Å².